The molecule has 0 unspecified atom stereocenters. The summed E-state index contributed by atoms with van der Waals surface area (Å²) in [7, 11) is 0. The lowest BCUT2D eigenvalue weighted by atomic mass is 10.3. The minimum Gasteiger partial charge on any atom is -0.475 e. The lowest BCUT2D eigenvalue weighted by molar-refractivity contribution is 0.0651. The van der Waals surface area contributed by atoms with Crippen LogP contribution >= 0.6 is 0 Å². The smallest absolute Gasteiger partial charge is 0.374 e. The Labute approximate surface area is 95.0 Å². The number of carbonyl (C=O) groups excluding carboxylic acids is 1. The number of hydrogen-bond acceptors (Lipinski definition) is 5. The van der Waals surface area contributed by atoms with E-state index in [1.54, 1.807) is 12.1 Å². The molecule has 2 heterocycles. The summed E-state index contributed by atoms with van der Waals surface area (Å²) in [5.41, 5.74) is -0.0889. The summed E-state index contributed by atoms with van der Waals surface area (Å²) in [6, 6.07) is 4.45. The first kappa shape index (κ1) is 10.9. The quantitative estimate of drug-likeness (QED) is 0.816. The molecule has 1 amide bonds. The van der Waals surface area contributed by atoms with Crippen LogP contribution in [0.1, 0.15) is 26.8 Å². The minimum absolute atomic E-state index is 0.0889. The normalized spacial score (nSPS) is 10.1. The second-order valence-electron chi connectivity index (χ2n) is 3.14. The fourth-order valence-electron chi connectivity index (χ4n) is 1.15. The van der Waals surface area contributed by atoms with Gasteiger partial charge in [0.25, 0.3) is 5.91 Å². The number of carboxylic acid groups (broad SMARTS) is 1. The summed E-state index contributed by atoms with van der Waals surface area (Å²) in [5, 5.41) is 14.4. The van der Waals surface area contributed by atoms with Gasteiger partial charge in [0.1, 0.15) is 5.76 Å². The average molecular weight is 236 g/mol. The molecular weight excluding hydrogens is 228 g/mol. The lowest BCUT2D eigenvalue weighted by Gasteiger charge is -1.98. The molecule has 0 spiro atoms. The summed E-state index contributed by atoms with van der Waals surface area (Å²) in [6.07, 6.45) is 1.49. The highest BCUT2D eigenvalue weighted by molar-refractivity contribution is 5.94. The van der Waals surface area contributed by atoms with Crippen LogP contribution in [-0.4, -0.2) is 22.1 Å². The maximum Gasteiger partial charge on any atom is 0.374 e. The molecule has 7 nitrogen and oxygen atoms in total. The highest BCUT2D eigenvalue weighted by atomic mass is 16.5. The standard InChI is InChI=1S/C10H8N2O5/c13-9(11-5-6-2-1-3-16-6)7-4-8(10(14)15)17-12-7/h1-4H,5H2,(H,11,13)(H,14,15). The van der Waals surface area contributed by atoms with E-state index in [2.05, 4.69) is 15.0 Å². The minimum atomic E-state index is -1.28. The number of aromatic nitrogens is 1. The molecule has 0 aliphatic heterocycles. The Bertz CT molecular complexity index is 529. The summed E-state index contributed by atoms with van der Waals surface area (Å²) in [5.74, 6) is -1.60. The van der Waals surface area contributed by atoms with E-state index in [0.29, 0.717) is 5.76 Å². The molecule has 17 heavy (non-hydrogen) atoms. The Morgan fingerprint density at radius 2 is 2.29 bits per heavy atom. The van der Waals surface area contributed by atoms with E-state index in [-0.39, 0.29) is 18.0 Å². The van der Waals surface area contributed by atoms with E-state index in [1.807, 2.05) is 0 Å². The van der Waals surface area contributed by atoms with Crippen LogP contribution in [0.5, 0.6) is 0 Å². The monoisotopic (exact) mass is 236 g/mol. The fraction of sp³-hybridized carbons (Fsp3) is 0.100. The first-order valence-electron chi connectivity index (χ1n) is 4.67. The summed E-state index contributed by atoms with van der Waals surface area (Å²) in [6.45, 7) is 0.196. The molecule has 2 aromatic heterocycles. The number of hydrogen-bond donors (Lipinski definition) is 2. The van der Waals surface area contributed by atoms with Crippen molar-refractivity contribution in [2.24, 2.45) is 0 Å². The van der Waals surface area contributed by atoms with Crippen molar-refractivity contribution in [2.75, 3.05) is 0 Å². The van der Waals surface area contributed by atoms with Crippen LogP contribution < -0.4 is 5.32 Å². The van der Waals surface area contributed by atoms with Crippen molar-refractivity contribution in [3.8, 4) is 0 Å². The zero-order chi connectivity index (χ0) is 12.3. The molecule has 0 aliphatic rings. The van der Waals surface area contributed by atoms with Crippen LogP contribution in [0.3, 0.4) is 0 Å². The van der Waals surface area contributed by atoms with Crippen LogP contribution in [0.2, 0.25) is 0 Å². The average Bonchev–Trinajstić information content (AvgIpc) is 2.96. The second-order valence-corrected chi connectivity index (χ2v) is 3.14. The van der Waals surface area contributed by atoms with Gasteiger partial charge in [-0.1, -0.05) is 5.16 Å². The van der Waals surface area contributed by atoms with Gasteiger partial charge >= 0.3 is 5.97 Å². The van der Waals surface area contributed by atoms with Crippen LogP contribution in [0.25, 0.3) is 0 Å². The molecule has 2 N–H and O–H groups in total. The van der Waals surface area contributed by atoms with Crippen molar-refractivity contribution < 1.29 is 23.6 Å². The van der Waals surface area contributed by atoms with E-state index in [0.717, 1.165) is 6.07 Å². The molecule has 7 heteroatoms. The SMILES string of the molecule is O=C(NCc1ccco1)c1cc(C(=O)O)on1. The number of carbonyl (C=O) groups is 2. The van der Waals surface area contributed by atoms with Crippen molar-refractivity contribution in [3.63, 3.8) is 0 Å². The van der Waals surface area contributed by atoms with Gasteiger partial charge in [0.15, 0.2) is 5.69 Å². The molecule has 0 atom stereocenters. The highest BCUT2D eigenvalue weighted by Crippen LogP contribution is 2.04. The van der Waals surface area contributed by atoms with Gasteiger partial charge in [-0.3, -0.25) is 4.79 Å². The molecule has 2 rings (SSSR count). The Balaban J connectivity index is 1.97. The van der Waals surface area contributed by atoms with Gasteiger partial charge in [-0.25, -0.2) is 4.79 Å². The molecule has 2 aromatic rings. The Kier molecular flexibility index (Phi) is 2.91. The fourth-order valence-corrected chi connectivity index (χ4v) is 1.15. The second kappa shape index (κ2) is 4.52. The van der Waals surface area contributed by atoms with Crippen molar-refractivity contribution >= 4 is 11.9 Å². The van der Waals surface area contributed by atoms with E-state index in [9.17, 15) is 9.59 Å². The van der Waals surface area contributed by atoms with Crippen LogP contribution in [0.15, 0.2) is 33.4 Å². The summed E-state index contributed by atoms with van der Waals surface area (Å²) >= 11 is 0. The Morgan fingerprint density at radius 1 is 1.47 bits per heavy atom. The van der Waals surface area contributed by atoms with Gasteiger partial charge in [0, 0.05) is 6.07 Å². The predicted molar refractivity (Wildman–Crippen MR) is 53.3 cm³/mol. The van der Waals surface area contributed by atoms with Crippen LogP contribution in [0.4, 0.5) is 0 Å². The number of amides is 1. The highest BCUT2D eigenvalue weighted by Gasteiger charge is 2.16. The number of aromatic carboxylic acids is 1. The van der Waals surface area contributed by atoms with Gasteiger partial charge in [-0.05, 0) is 12.1 Å². The topological polar surface area (TPSA) is 106 Å². The summed E-state index contributed by atoms with van der Waals surface area (Å²) < 4.78 is 9.46. The van der Waals surface area contributed by atoms with E-state index >= 15 is 0 Å². The number of nitrogens with zero attached hydrogens (tertiary/aromatic N) is 1. The van der Waals surface area contributed by atoms with Crippen molar-refractivity contribution in [1.82, 2.24) is 10.5 Å². The molecule has 0 aromatic carbocycles. The number of rotatable bonds is 4. The first-order chi connectivity index (χ1) is 8.16. The lowest BCUT2D eigenvalue weighted by Crippen LogP contribution is -2.22. The van der Waals surface area contributed by atoms with Gasteiger partial charge in [0.05, 0.1) is 12.8 Å². The molecule has 0 bridgehead atoms. The number of carboxylic acids is 1. The zero-order valence-corrected chi connectivity index (χ0v) is 8.54. The van der Waals surface area contributed by atoms with Gasteiger partial charge < -0.3 is 19.4 Å². The van der Waals surface area contributed by atoms with Gasteiger partial charge in [-0.2, -0.15) is 0 Å². The van der Waals surface area contributed by atoms with Crippen LogP contribution in [0, 0.1) is 0 Å². The van der Waals surface area contributed by atoms with Crippen molar-refractivity contribution in [1.29, 1.82) is 0 Å². The third-order valence-electron chi connectivity index (χ3n) is 1.96. The third kappa shape index (κ3) is 2.51. The molecule has 0 fully saturated rings. The first-order valence-corrected chi connectivity index (χ1v) is 4.67. The van der Waals surface area contributed by atoms with Gasteiger partial charge in [-0.15, -0.1) is 0 Å². The maximum absolute atomic E-state index is 11.5. The van der Waals surface area contributed by atoms with E-state index in [4.69, 9.17) is 9.52 Å². The summed E-state index contributed by atoms with van der Waals surface area (Å²) in [4.78, 5) is 22.0. The molecule has 0 saturated heterocycles. The van der Waals surface area contributed by atoms with Crippen LogP contribution in [-0.2, 0) is 6.54 Å². The van der Waals surface area contributed by atoms with E-state index < -0.39 is 11.9 Å². The third-order valence-corrected chi connectivity index (χ3v) is 1.96. The predicted octanol–water partition coefficient (Wildman–Crippen LogP) is 0.896. The molecular formula is C10H8N2O5. The molecule has 88 valence electrons. The number of nitrogens with one attached hydrogen (secondary N) is 1. The zero-order valence-electron chi connectivity index (χ0n) is 8.54. The van der Waals surface area contributed by atoms with E-state index in [1.165, 1.54) is 6.26 Å². The van der Waals surface area contributed by atoms with Crippen molar-refractivity contribution in [2.45, 2.75) is 6.54 Å². The van der Waals surface area contributed by atoms with Gasteiger partial charge in [0.2, 0.25) is 5.76 Å². The number of furan rings is 1. The largest absolute Gasteiger partial charge is 0.475 e. The molecule has 0 saturated carbocycles. The Hall–Kier alpha value is -2.57. The van der Waals surface area contributed by atoms with Crippen molar-refractivity contribution in [3.05, 3.63) is 41.7 Å². The maximum atomic E-state index is 11.5. The molecule has 0 radical (unpaired) electrons. The Morgan fingerprint density at radius 3 is 2.88 bits per heavy atom. The molecule has 0 aliphatic carbocycles.